The number of carboxylic acid groups (broad SMARTS) is 1. The average Bonchev–Trinajstić information content (AvgIpc) is 2.84. The second-order valence-electron chi connectivity index (χ2n) is 4.71. The predicted molar refractivity (Wildman–Crippen MR) is 76.9 cm³/mol. The van der Waals surface area contributed by atoms with E-state index in [1.807, 2.05) is 11.8 Å². The van der Waals surface area contributed by atoms with Crippen LogP contribution in [0.3, 0.4) is 0 Å². The minimum Gasteiger partial charge on any atom is -0.480 e. The Hall–Kier alpha value is -1.70. The Morgan fingerprint density at radius 2 is 2.20 bits per heavy atom. The molecule has 0 saturated carbocycles. The van der Waals surface area contributed by atoms with E-state index in [4.69, 9.17) is 5.11 Å². The SMILES string of the molecule is O=C(O)Cn1cc(NC(=O)NCC2CCSCC2)cn1. The molecule has 0 radical (unpaired) electrons. The van der Waals surface area contributed by atoms with Gasteiger partial charge in [0.05, 0.1) is 11.9 Å². The van der Waals surface area contributed by atoms with E-state index in [-0.39, 0.29) is 12.6 Å². The number of hydrogen-bond donors (Lipinski definition) is 3. The van der Waals surface area contributed by atoms with E-state index in [2.05, 4.69) is 15.7 Å². The highest BCUT2D eigenvalue weighted by Gasteiger charge is 2.14. The van der Waals surface area contributed by atoms with Crippen molar-refractivity contribution in [2.24, 2.45) is 5.92 Å². The number of urea groups is 1. The first-order chi connectivity index (χ1) is 9.63. The summed E-state index contributed by atoms with van der Waals surface area (Å²) in [4.78, 5) is 22.2. The summed E-state index contributed by atoms with van der Waals surface area (Å²) in [6.07, 6.45) is 5.20. The van der Waals surface area contributed by atoms with Crippen LogP contribution in [0.5, 0.6) is 0 Å². The van der Waals surface area contributed by atoms with Crippen LogP contribution in [-0.4, -0.2) is 44.9 Å². The summed E-state index contributed by atoms with van der Waals surface area (Å²) in [5.74, 6) is 1.90. The van der Waals surface area contributed by atoms with Gasteiger partial charge in [0.1, 0.15) is 6.54 Å². The van der Waals surface area contributed by atoms with Gasteiger partial charge in [-0.1, -0.05) is 0 Å². The third-order valence-corrected chi connectivity index (χ3v) is 4.13. The van der Waals surface area contributed by atoms with Gasteiger partial charge in [0, 0.05) is 12.7 Å². The van der Waals surface area contributed by atoms with Crippen molar-refractivity contribution in [3.63, 3.8) is 0 Å². The van der Waals surface area contributed by atoms with Crippen molar-refractivity contribution >= 4 is 29.4 Å². The Kier molecular flexibility index (Phi) is 5.28. The Balaban J connectivity index is 1.73. The molecule has 0 aliphatic carbocycles. The Morgan fingerprint density at radius 1 is 1.45 bits per heavy atom. The molecule has 1 aliphatic heterocycles. The highest BCUT2D eigenvalue weighted by molar-refractivity contribution is 7.99. The molecule has 0 atom stereocenters. The van der Waals surface area contributed by atoms with Gasteiger partial charge in [-0.2, -0.15) is 16.9 Å². The fourth-order valence-corrected chi connectivity index (χ4v) is 3.22. The van der Waals surface area contributed by atoms with E-state index in [1.165, 1.54) is 17.1 Å². The minimum atomic E-state index is -0.973. The lowest BCUT2D eigenvalue weighted by Gasteiger charge is -2.21. The summed E-state index contributed by atoms with van der Waals surface area (Å²) in [6, 6.07) is -0.280. The van der Waals surface area contributed by atoms with Crippen molar-refractivity contribution in [1.82, 2.24) is 15.1 Å². The van der Waals surface area contributed by atoms with E-state index >= 15 is 0 Å². The molecule has 1 aromatic rings. The lowest BCUT2D eigenvalue weighted by atomic mass is 10.0. The van der Waals surface area contributed by atoms with E-state index in [0.29, 0.717) is 18.2 Å². The van der Waals surface area contributed by atoms with Gasteiger partial charge in [-0.3, -0.25) is 9.48 Å². The molecular formula is C12H18N4O3S. The van der Waals surface area contributed by atoms with Gasteiger partial charge in [-0.15, -0.1) is 0 Å². The zero-order valence-corrected chi connectivity index (χ0v) is 11.9. The average molecular weight is 298 g/mol. The molecule has 20 heavy (non-hydrogen) atoms. The molecule has 2 rings (SSSR count). The molecule has 3 N–H and O–H groups in total. The number of anilines is 1. The molecule has 2 heterocycles. The first-order valence-corrected chi connectivity index (χ1v) is 7.66. The monoisotopic (exact) mass is 298 g/mol. The van der Waals surface area contributed by atoms with Crippen molar-refractivity contribution in [3.05, 3.63) is 12.4 Å². The number of carbonyl (C=O) groups is 2. The molecule has 0 bridgehead atoms. The second-order valence-corrected chi connectivity index (χ2v) is 5.94. The predicted octanol–water partition coefficient (Wildman–Crippen LogP) is 1.23. The normalized spacial score (nSPS) is 15.8. The van der Waals surface area contributed by atoms with Crippen molar-refractivity contribution in [2.75, 3.05) is 23.4 Å². The Morgan fingerprint density at radius 3 is 2.90 bits per heavy atom. The lowest BCUT2D eigenvalue weighted by Crippen LogP contribution is -2.34. The van der Waals surface area contributed by atoms with Gasteiger partial charge in [0.2, 0.25) is 0 Å². The Bertz CT molecular complexity index is 471. The molecule has 7 nitrogen and oxygen atoms in total. The van der Waals surface area contributed by atoms with Crippen LogP contribution in [0.1, 0.15) is 12.8 Å². The number of thioether (sulfide) groups is 1. The fraction of sp³-hybridized carbons (Fsp3) is 0.583. The highest BCUT2D eigenvalue weighted by atomic mass is 32.2. The van der Waals surface area contributed by atoms with Crippen LogP contribution < -0.4 is 10.6 Å². The van der Waals surface area contributed by atoms with Crippen LogP contribution in [0.15, 0.2) is 12.4 Å². The molecule has 0 spiro atoms. The fourth-order valence-electron chi connectivity index (χ4n) is 2.02. The summed E-state index contributed by atoms with van der Waals surface area (Å²) in [5, 5.41) is 18.0. The van der Waals surface area contributed by atoms with E-state index in [1.54, 1.807) is 0 Å². The van der Waals surface area contributed by atoms with Crippen molar-refractivity contribution in [2.45, 2.75) is 19.4 Å². The standard InChI is InChI=1S/C12H18N4O3S/c17-11(18)8-16-7-10(6-14-16)15-12(19)13-5-9-1-3-20-4-2-9/h6-7,9H,1-5,8H2,(H,17,18)(H2,13,15,19). The quantitative estimate of drug-likeness (QED) is 0.760. The number of amides is 2. The van der Waals surface area contributed by atoms with Crippen LogP contribution in [0.25, 0.3) is 0 Å². The zero-order chi connectivity index (χ0) is 14.4. The van der Waals surface area contributed by atoms with E-state index < -0.39 is 5.97 Å². The maximum absolute atomic E-state index is 11.7. The van der Waals surface area contributed by atoms with E-state index in [9.17, 15) is 9.59 Å². The molecule has 0 aromatic carbocycles. The zero-order valence-electron chi connectivity index (χ0n) is 11.0. The second kappa shape index (κ2) is 7.18. The third kappa shape index (κ3) is 4.76. The summed E-state index contributed by atoms with van der Waals surface area (Å²) >= 11 is 1.96. The number of nitrogens with zero attached hydrogens (tertiary/aromatic N) is 2. The van der Waals surface area contributed by atoms with Crippen LogP contribution in [-0.2, 0) is 11.3 Å². The summed E-state index contributed by atoms with van der Waals surface area (Å²) in [7, 11) is 0. The Labute approximate surface area is 121 Å². The maximum Gasteiger partial charge on any atom is 0.325 e. The van der Waals surface area contributed by atoms with Crippen molar-refractivity contribution in [3.8, 4) is 0 Å². The highest BCUT2D eigenvalue weighted by Crippen LogP contribution is 2.21. The molecule has 1 aromatic heterocycles. The molecule has 1 aliphatic rings. The smallest absolute Gasteiger partial charge is 0.325 e. The summed E-state index contributed by atoms with van der Waals surface area (Å²) < 4.78 is 1.26. The van der Waals surface area contributed by atoms with Gasteiger partial charge in [-0.05, 0) is 30.3 Å². The molecule has 1 fully saturated rings. The number of carboxylic acids is 1. The molecular weight excluding hydrogens is 280 g/mol. The topological polar surface area (TPSA) is 96.2 Å². The largest absolute Gasteiger partial charge is 0.480 e. The number of nitrogens with one attached hydrogen (secondary N) is 2. The maximum atomic E-state index is 11.7. The van der Waals surface area contributed by atoms with Crippen molar-refractivity contribution < 1.29 is 14.7 Å². The molecule has 110 valence electrons. The molecule has 1 saturated heterocycles. The number of aliphatic carboxylic acids is 1. The first-order valence-electron chi connectivity index (χ1n) is 6.50. The van der Waals surface area contributed by atoms with Gasteiger partial charge in [0.25, 0.3) is 0 Å². The van der Waals surface area contributed by atoms with Gasteiger partial charge < -0.3 is 15.7 Å². The van der Waals surface area contributed by atoms with Gasteiger partial charge in [-0.25, -0.2) is 4.79 Å². The van der Waals surface area contributed by atoms with Crippen molar-refractivity contribution in [1.29, 1.82) is 0 Å². The molecule has 2 amide bonds. The van der Waals surface area contributed by atoms with Gasteiger partial charge >= 0.3 is 12.0 Å². The number of rotatable bonds is 5. The van der Waals surface area contributed by atoms with Crippen LogP contribution >= 0.6 is 11.8 Å². The summed E-state index contributed by atoms with van der Waals surface area (Å²) in [5.41, 5.74) is 0.489. The van der Waals surface area contributed by atoms with Gasteiger partial charge in [0.15, 0.2) is 0 Å². The molecule has 0 unspecified atom stereocenters. The van der Waals surface area contributed by atoms with E-state index in [0.717, 1.165) is 24.3 Å². The van der Waals surface area contributed by atoms with Crippen LogP contribution in [0.4, 0.5) is 10.5 Å². The molecule has 8 heteroatoms. The third-order valence-electron chi connectivity index (χ3n) is 3.08. The van der Waals surface area contributed by atoms with Crippen LogP contribution in [0.2, 0.25) is 0 Å². The summed E-state index contributed by atoms with van der Waals surface area (Å²) in [6.45, 7) is 0.457. The number of aromatic nitrogens is 2. The number of carbonyl (C=O) groups excluding carboxylic acids is 1. The van der Waals surface area contributed by atoms with Crippen LogP contribution in [0, 0.1) is 5.92 Å². The minimum absolute atomic E-state index is 0.219. The first kappa shape index (κ1) is 14.7. The lowest BCUT2D eigenvalue weighted by molar-refractivity contribution is -0.137. The number of hydrogen-bond acceptors (Lipinski definition) is 4.